The molecule has 0 unspecified atom stereocenters. The van der Waals surface area contributed by atoms with Crippen LogP contribution in [0.15, 0.2) is 42.7 Å². The summed E-state index contributed by atoms with van der Waals surface area (Å²) in [6, 6.07) is 9.04. The molecule has 0 N–H and O–H groups in total. The molecule has 0 saturated heterocycles. The summed E-state index contributed by atoms with van der Waals surface area (Å²) in [4.78, 5) is 30.1. The van der Waals surface area contributed by atoms with E-state index in [1.165, 1.54) is 14.0 Å². The highest BCUT2D eigenvalue weighted by Gasteiger charge is 2.32. The third-order valence-corrected chi connectivity index (χ3v) is 4.31. The molecule has 3 rings (SSSR count). The minimum Gasteiger partial charge on any atom is -0.493 e. The van der Waals surface area contributed by atoms with Crippen LogP contribution in [0, 0.1) is 0 Å². The van der Waals surface area contributed by atoms with Gasteiger partial charge in [-0.25, -0.2) is 0 Å². The monoisotopic (exact) mass is 354 g/mol. The van der Waals surface area contributed by atoms with Gasteiger partial charge in [-0.2, -0.15) is 0 Å². The van der Waals surface area contributed by atoms with Crippen molar-refractivity contribution in [1.29, 1.82) is 0 Å². The van der Waals surface area contributed by atoms with E-state index in [2.05, 4.69) is 4.98 Å². The molecule has 2 aromatic rings. The fraction of sp³-hybridized carbons (Fsp3) is 0.350. The van der Waals surface area contributed by atoms with E-state index in [-0.39, 0.29) is 24.3 Å². The molecule has 1 saturated carbocycles. The summed E-state index contributed by atoms with van der Waals surface area (Å²) in [6.45, 7) is 1.94. The normalized spacial score (nSPS) is 13.2. The number of hydrogen-bond acceptors (Lipinski definition) is 5. The molecule has 1 amide bonds. The number of benzene rings is 1. The van der Waals surface area contributed by atoms with Crippen molar-refractivity contribution >= 4 is 11.7 Å². The van der Waals surface area contributed by atoms with Gasteiger partial charge in [0.25, 0.3) is 5.91 Å². The van der Waals surface area contributed by atoms with Gasteiger partial charge in [-0.05, 0) is 49.6 Å². The number of methoxy groups -OCH3 is 1. The second-order valence-electron chi connectivity index (χ2n) is 6.32. The maximum atomic E-state index is 12.7. The predicted molar refractivity (Wildman–Crippen MR) is 96.3 cm³/mol. The summed E-state index contributed by atoms with van der Waals surface area (Å²) in [7, 11) is 1.51. The summed E-state index contributed by atoms with van der Waals surface area (Å²) in [6.07, 6.45) is 5.52. The van der Waals surface area contributed by atoms with E-state index in [1.807, 2.05) is 17.0 Å². The van der Waals surface area contributed by atoms with E-state index >= 15 is 0 Å². The summed E-state index contributed by atoms with van der Waals surface area (Å²) in [5.41, 5.74) is 1.54. The molecule has 1 aliphatic rings. The predicted octanol–water partition coefficient (Wildman–Crippen LogP) is 2.86. The number of pyridine rings is 1. The number of ether oxygens (including phenoxy) is 2. The molecule has 6 heteroatoms. The van der Waals surface area contributed by atoms with Crippen LogP contribution >= 0.6 is 0 Å². The Hall–Kier alpha value is -2.89. The number of nitrogens with zero attached hydrogens (tertiary/aromatic N) is 2. The number of aromatic nitrogens is 1. The second-order valence-corrected chi connectivity index (χ2v) is 6.32. The van der Waals surface area contributed by atoms with Crippen LogP contribution in [-0.2, 0) is 11.3 Å². The molecular formula is C20H22N2O4. The Morgan fingerprint density at radius 2 is 2.04 bits per heavy atom. The molecule has 6 nitrogen and oxygen atoms in total. The summed E-state index contributed by atoms with van der Waals surface area (Å²) >= 11 is 0. The molecule has 0 bridgehead atoms. The number of carbonyl (C=O) groups is 2. The Morgan fingerprint density at radius 3 is 2.65 bits per heavy atom. The van der Waals surface area contributed by atoms with Crippen LogP contribution in [0.5, 0.6) is 11.5 Å². The average Bonchev–Trinajstić information content (AvgIpc) is 3.49. The minimum absolute atomic E-state index is 0.0534. The first-order chi connectivity index (χ1) is 12.6. The number of rotatable bonds is 8. The standard InChI is InChI=1S/C20H22N2O4/c1-14(23)16-5-8-18(19(10-16)25-2)26-13-20(24)22(17-6-7-17)12-15-4-3-9-21-11-15/h3-5,8-11,17H,6-7,12-13H2,1-2H3. The highest BCUT2D eigenvalue weighted by Crippen LogP contribution is 2.30. The summed E-state index contributed by atoms with van der Waals surface area (Å²) in [5, 5.41) is 0. The summed E-state index contributed by atoms with van der Waals surface area (Å²) in [5.74, 6) is 0.759. The quantitative estimate of drug-likeness (QED) is 0.682. The van der Waals surface area contributed by atoms with Gasteiger partial charge in [-0.15, -0.1) is 0 Å². The van der Waals surface area contributed by atoms with Crippen molar-refractivity contribution in [1.82, 2.24) is 9.88 Å². The highest BCUT2D eigenvalue weighted by molar-refractivity contribution is 5.94. The molecule has 1 aromatic carbocycles. The zero-order valence-electron chi connectivity index (χ0n) is 15.0. The van der Waals surface area contributed by atoms with Crippen LogP contribution in [-0.4, -0.2) is 41.3 Å². The third kappa shape index (κ3) is 4.39. The number of carbonyl (C=O) groups excluding carboxylic acids is 2. The molecule has 0 spiro atoms. The molecule has 0 radical (unpaired) electrons. The molecule has 1 aromatic heterocycles. The summed E-state index contributed by atoms with van der Waals surface area (Å²) < 4.78 is 11.0. The second kappa shape index (κ2) is 7.99. The van der Waals surface area contributed by atoms with Gasteiger partial charge in [0.05, 0.1) is 7.11 Å². The van der Waals surface area contributed by atoms with E-state index in [0.29, 0.717) is 23.6 Å². The van der Waals surface area contributed by atoms with Crippen molar-refractivity contribution in [2.45, 2.75) is 32.4 Å². The number of Topliss-reactive ketones (excluding diaryl/α,β-unsaturated/α-hetero) is 1. The molecule has 0 atom stereocenters. The SMILES string of the molecule is COc1cc(C(C)=O)ccc1OCC(=O)N(Cc1cccnc1)C1CC1. The first-order valence-corrected chi connectivity index (χ1v) is 8.58. The third-order valence-electron chi connectivity index (χ3n) is 4.31. The Balaban J connectivity index is 1.66. The lowest BCUT2D eigenvalue weighted by atomic mass is 10.1. The van der Waals surface area contributed by atoms with Crippen LogP contribution in [0.1, 0.15) is 35.7 Å². The van der Waals surface area contributed by atoms with Gasteiger partial charge in [-0.1, -0.05) is 6.07 Å². The Kier molecular flexibility index (Phi) is 5.51. The van der Waals surface area contributed by atoms with E-state index in [1.54, 1.807) is 30.6 Å². The molecule has 0 aliphatic heterocycles. The van der Waals surface area contributed by atoms with Crippen LogP contribution < -0.4 is 9.47 Å². The lowest BCUT2D eigenvalue weighted by molar-refractivity contribution is -0.134. The van der Waals surface area contributed by atoms with Crippen LogP contribution in [0.25, 0.3) is 0 Å². The first kappa shape index (κ1) is 17.9. The lowest BCUT2D eigenvalue weighted by Gasteiger charge is -2.22. The molecule has 1 aliphatic carbocycles. The van der Waals surface area contributed by atoms with Crippen molar-refractivity contribution < 1.29 is 19.1 Å². The Morgan fingerprint density at radius 1 is 1.23 bits per heavy atom. The van der Waals surface area contributed by atoms with Crippen molar-refractivity contribution in [3.8, 4) is 11.5 Å². The van der Waals surface area contributed by atoms with E-state index in [9.17, 15) is 9.59 Å². The largest absolute Gasteiger partial charge is 0.493 e. The number of ketones is 1. The van der Waals surface area contributed by atoms with Gasteiger partial charge in [-0.3, -0.25) is 14.6 Å². The lowest BCUT2D eigenvalue weighted by Crippen LogP contribution is -2.36. The van der Waals surface area contributed by atoms with Crippen molar-refractivity contribution in [3.63, 3.8) is 0 Å². The van der Waals surface area contributed by atoms with Gasteiger partial charge < -0.3 is 14.4 Å². The Labute approximate surface area is 152 Å². The fourth-order valence-electron chi connectivity index (χ4n) is 2.72. The molecular weight excluding hydrogens is 332 g/mol. The number of hydrogen-bond donors (Lipinski definition) is 0. The van der Waals surface area contributed by atoms with Gasteiger partial charge >= 0.3 is 0 Å². The molecule has 1 heterocycles. The smallest absolute Gasteiger partial charge is 0.261 e. The van der Waals surface area contributed by atoms with Gasteiger partial charge in [0.15, 0.2) is 23.9 Å². The van der Waals surface area contributed by atoms with Crippen molar-refractivity contribution in [2.24, 2.45) is 0 Å². The van der Waals surface area contributed by atoms with E-state index in [4.69, 9.17) is 9.47 Å². The van der Waals surface area contributed by atoms with E-state index < -0.39 is 0 Å². The fourth-order valence-corrected chi connectivity index (χ4v) is 2.72. The topological polar surface area (TPSA) is 68.7 Å². The zero-order valence-corrected chi connectivity index (χ0v) is 15.0. The average molecular weight is 354 g/mol. The molecule has 1 fully saturated rings. The number of amides is 1. The zero-order chi connectivity index (χ0) is 18.5. The molecule has 136 valence electrons. The highest BCUT2D eigenvalue weighted by atomic mass is 16.5. The minimum atomic E-state index is -0.0768. The van der Waals surface area contributed by atoms with Crippen LogP contribution in [0.2, 0.25) is 0 Å². The molecule has 26 heavy (non-hydrogen) atoms. The first-order valence-electron chi connectivity index (χ1n) is 8.58. The van der Waals surface area contributed by atoms with Crippen LogP contribution in [0.4, 0.5) is 0 Å². The Bertz CT molecular complexity index is 788. The van der Waals surface area contributed by atoms with Crippen molar-refractivity contribution in [2.75, 3.05) is 13.7 Å². The van der Waals surface area contributed by atoms with Gasteiger partial charge in [0.1, 0.15) is 0 Å². The maximum Gasteiger partial charge on any atom is 0.261 e. The van der Waals surface area contributed by atoms with Gasteiger partial charge in [0.2, 0.25) is 0 Å². The van der Waals surface area contributed by atoms with Crippen LogP contribution in [0.3, 0.4) is 0 Å². The van der Waals surface area contributed by atoms with Crippen molar-refractivity contribution in [3.05, 3.63) is 53.9 Å². The van der Waals surface area contributed by atoms with Gasteiger partial charge in [0, 0.05) is 30.5 Å². The maximum absolute atomic E-state index is 12.7. The van der Waals surface area contributed by atoms with E-state index in [0.717, 1.165) is 18.4 Å².